The van der Waals surface area contributed by atoms with Crippen LogP contribution in [-0.2, 0) is 17.7 Å². The molecule has 0 fully saturated rings. The normalized spacial score (nSPS) is 11.0. The Bertz CT molecular complexity index is 598. The van der Waals surface area contributed by atoms with Gasteiger partial charge in [0.25, 0.3) is 0 Å². The van der Waals surface area contributed by atoms with Gasteiger partial charge in [-0.1, -0.05) is 0 Å². The molecular weight excluding hydrogens is 292 g/mol. The predicted octanol–water partition coefficient (Wildman–Crippen LogP) is 2.87. The maximum Gasteiger partial charge on any atom is 0.163 e. The van der Waals surface area contributed by atoms with Crippen LogP contribution >= 0.6 is 11.6 Å². The van der Waals surface area contributed by atoms with Gasteiger partial charge in [0, 0.05) is 44.7 Å². The Balaban J connectivity index is 2.47. The number of methoxy groups -OCH3 is 3. The smallest absolute Gasteiger partial charge is 0.163 e. The van der Waals surface area contributed by atoms with Crippen molar-refractivity contribution in [3.63, 3.8) is 0 Å². The molecule has 5 nitrogen and oxygen atoms in total. The number of fused-ring (bicyclic) bond motifs is 1. The van der Waals surface area contributed by atoms with Crippen molar-refractivity contribution < 1.29 is 14.2 Å². The monoisotopic (exact) mass is 312 g/mol. The number of aromatic nitrogens is 2. The van der Waals surface area contributed by atoms with E-state index < -0.39 is 0 Å². The van der Waals surface area contributed by atoms with Crippen LogP contribution in [0.1, 0.15) is 12.2 Å². The van der Waals surface area contributed by atoms with E-state index in [1.54, 1.807) is 21.3 Å². The van der Waals surface area contributed by atoms with Gasteiger partial charge in [0.05, 0.1) is 25.3 Å². The summed E-state index contributed by atoms with van der Waals surface area (Å²) in [6, 6.07) is 3.87. The van der Waals surface area contributed by atoms with E-state index in [0.717, 1.165) is 36.2 Å². The van der Waals surface area contributed by atoms with Crippen molar-refractivity contribution in [2.24, 2.45) is 0 Å². The minimum absolute atomic E-state index is 0.544. The molecule has 0 aliphatic rings. The van der Waals surface area contributed by atoms with Crippen LogP contribution in [0.3, 0.4) is 0 Å². The van der Waals surface area contributed by atoms with E-state index in [-0.39, 0.29) is 0 Å². The molecule has 0 aliphatic heterocycles. The van der Waals surface area contributed by atoms with Crippen LogP contribution in [0.25, 0.3) is 11.0 Å². The largest absolute Gasteiger partial charge is 0.493 e. The Morgan fingerprint density at radius 3 is 2.48 bits per heavy atom. The maximum atomic E-state index is 5.89. The van der Waals surface area contributed by atoms with Crippen molar-refractivity contribution in [1.29, 1.82) is 0 Å². The summed E-state index contributed by atoms with van der Waals surface area (Å²) in [5, 5.41) is 0. The van der Waals surface area contributed by atoms with E-state index >= 15 is 0 Å². The van der Waals surface area contributed by atoms with Crippen LogP contribution in [0.2, 0.25) is 0 Å². The average Bonchev–Trinajstić information content (AvgIpc) is 2.83. The lowest BCUT2D eigenvalue weighted by Gasteiger charge is -2.10. The molecule has 116 valence electrons. The summed E-state index contributed by atoms with van der Waals surface area (Å²) in [6.45, 7) is 1.55. The second-order valence-electron chi connectivity index (χ2n) is 4.66. The van der Waals surface area contributed by atoms with Gasteiger partial charge in [-0.25, -0.2) is 4.98 Å². The van der Waals surface area contributed by atoms with E-state index in [1.165, 1.54) is 0 Å². The van der Waals surface area contributed by atoms with Gasteiger partial charge >= 0.3 is 0 Å². The lowest BCUT2D eigenvalue weighted by atomic mass is 10.2. The fraction of sp³-hybridized carbons (Fsp3) is 0.533. The van der Waals surface area contributed by atoms with Gasteiger partial charge in [0.15, 0.2) is 11.5 Å². The summed E-state index contributed by atoms with van der Waals surface area (Å²) < 4.78 is 18.0. The first-order chi connectivity index (χ1) is 10.2. The second kappa shape index (κ2) is 7.52. The van der Waals surface area contributed by atoms with E-state index in [1.807, 2.05) is 12.1 Å². The Hall–Kier alpha value is -1.46. The van der Waals surface area contributed by atoms with Crippen LogP contribution in [0, 0.1) is 0 Å². The van der Waals surface area contributed by atoms with Crippen LogP contribution in [0.5, 0.6) is 11.5 Å². The molecule has 2 rings (SSSR count). The van der Waals surface area contributed by atoms with Gasteiger partial charge in [0.2, 0.25) is 0 Å². The number of rotatable bonds is 8. The van der Waals surface area contributed by atoms with Gasteiger partial charge < -0.3 is 18.8 Å². The summed E-state index contributed by atoms with van der Waals surface area (Å²) >= 11 is 5.89. The third-order valence-electron chi connectivity index (χ3n) is 3.38. The zero-order chi connectivity index (χ0) is 15.2. The summed E-state index contributed by atoms with van der Waals surface area (Å²) in [6.07, 6.45) is 1.65. The van der Waals surface area contributed by atoms with Crippen molar-refractivity contribution >= 4 is 22.6 Å². The molecule has 6 heteroatoms. The first-order valence-corrected chi connectivity index (χ1v) is 7.44. The minimum Gasteiger partial charge on any atom is -0.493 e. The molecule has 21 heavy (non-hydrogen) atoms. The summed E-state index contributed by atoms with van der Waals surface area (Å²) in [5.41, 5.74) is 1.93. The topological polar surface area (TPSA) is 45.5 Å². The van der Waals surface area contributed by atoms with Crippen molar-refractivity contribution in [1.82, 2.24) is 9.55 Å². The predicted molar refractivity (Wildman–Crippen MR) is 83.8 cm³/mol. The van der Waals surface area contributed by atoms with Crippen LogP contribution in [0.15, 0.2) is 12.1 Å². The summed E-state index contributed by atoms with van der Waals surface area (Å²) in [4.78, 5) is 4.67. The third kappa shape index (κ3) is 3.41. The number of aryl methyl sites for hydroxylation is 2. The molecule has 1 aromatic carbocycles. The molecule has 0 bridgehead atoms. The highest BCUT2D eigenvalue weighted by Crippen LogP contribution is 2.32. The van der Waals surface area contributed by atoms with Crippen molar-refractivity contribution in [3.05, 3.63) is 18.0 Å². The fourth-order valence-electron chi connectivity index (χ4n) is 2.39. The highest BCUT2D eigenvalue weighted by Gasteiger charge is 2.14. The number of halogens is 1. The SMILES string of the molecule is COCCCn1c(CCCl)nc2cc(OC)c(OC)cc21. The molecular formula is C15H21ClN2O3. The molecule has 0 spiro atoms. The average molecular weight is 313 g/mol. The number of hydrogen-bond acceptors (Lipinski definition) is 4. The highest BCUT2D eigenvalue weighted by molar-refractivity contribution is 6.17. The lowest BCUT2D eigenvalue weighted by molar-refractivity contribution is 0.190. The number of ether oxygens (including phenoxy) is 3. The minimum atomic E-state index is 0.544. The van der Waals surface area contributed by atoms with Gasteiger partial charge in [-0.3, -0.25) is 0 Å². The molecule has 0 N–H and O–H groups in total. The van der Waals surface area contributed by atoms with Crippen molar-refractivity contribution in [2.75, 3.05) is 33.8 Å². The van der Waals surface area contributed by atoms with Crippen molar-refractivity contribution in [2.45, 2.75) is 19.4 Å². The van der Waals surface area contributed by atoms with Crippen LogP contribution < -0.4 is 9.47 Å². The van der Waals surface area contributed by atoms with Gasteiger partial charge in [-0.15, -0.1) is 11.6 Å². The lowest BCUT2D eigenvalue weighted by Crippen LogP contribution is -2.07. The number of benzene rings is 1. The molecule has 0 unspecified atom stereocenters. The number of imidazole rings is 1. The number of nitrogens with zero attached hydrogens (tertiary/aromatic N) is 2. The Labute approximate surface area is 129 Å². The molecule has 1 aromatic heterocycles. The zero-order valence-corrected chi connectivity index (χ0v) is 13.4. The van der Waals surface area contributed by atoms with Crippen LogP contribution in [-0.4, -0.2) is 43.4 Å². The highest BCUT2D eigenvalue weighted by atomic mass is 35.5. The van der Waals surface area contributed by atoms with Gasteiger partial charge in [-0.2, -0.15) is 0 Å². The Kier molecular flexibility index (Phi) is 5.70. The van der Waals surface area contributed by atoms with Gasteiger partial charge in [0.1, 0.15) is 5.82 Å². The second-order valence-corrected chi connectivity index (χ2v) is 5.04. The maximum absolute atomic E-state index is 5.89. The molecule has 1 heterocycles. The zero-order valence-electron chi connectivity index (χ0n) is 12.7. The molecule has 0 atom stereocenters. The van der Waals surface area contributed by atoms with Crippen molar-refractivity contribution in [3.8, 4) is 11.5 Å². The summed E-state index contributed by atoms with van der Waals surface area (Å²) in [5.74, 6) is 2.91. The number of alkyl halides is 1. The van der Waals surface area contributed by atoms with E-state index in [0.29, 0.717) is 24.0 Å². The summed E-state index contributed by atoms with van der Waals surface area (Å²) in [7, 11) is 4.97. The molecule has 0 aliphatic carbocycles. The van der Waals surface area contributed by atoms with E-state index in [4.69, 9.17) is 25.8 Å². The first-order valence-electron chi connectivity index (χ1n) is 6.91. The standard InChI is InChI=1S/C15H21ClN2O3/c1-19-8-4-7-18-12-10-14(21-3)13(20-2)9-11(12)17-15(18)5-6-16/h9-10H,4-8H2,1-3H3. The quantitative estimate of drug-likeness (QED) is 0.555. The number of hydrogen-bond donors (Lipinski definition) is 0. The van der Waals surface area contributed by atoms with Crippen LogP contribution in [0.4, 0.5) is 0 Å². The molecule has 0 saturated heterocycles. The Morgan fingerprint density at radius 1 is 1.14 bits per heavy atom. The first kappa shape index (κ1) is 15.9. The molecule has 2 aromatic rings. The molecule has 0 saturated carbocycles. The van der Waals surface area contributed by atoms with E-state index in [9.17, 15) is 0 Å². The molecule has 0 radical (unpaired) electrons. The Morgan fingerprint density at radius 2 is 1.86 bits per heavy atom. The van der Waals surface area contributed by atoms with Gasteiger partial charge in [-0.05, 0) is 6.42 Å². The third-order valence-corrected chi connectivity index (χ3v) is 3.57. The molecule has 0 amide bonds. The van der Waals surface area contributed by atoms with E-state index in [2.05, 4.69) is 9.55 Å². The fourth-order valence-corrected chi connectivity index (χ4v) is 2.56.